The Morgan fingerprint density at radius 1 is 0.967 bits per heavy atom. The molecule has 4 bridgehead atoms. The fraction of sp³-hybridized carbons (Fsp3) is 0.913. The summed E-state index contributed by atoms with van der Waals surface area (Å²) in [5.41, 5.74) is 0.0300. The highest BCUT2D eigenvalue weighted by molar-refractivity contribution is 5.78. The van der Waals surface area contributed by atoms with Gasteiger partial charge < -0.3 is 20.3 Å². The predicted molar refractivity (Wildman–Crippen MR) is 114 cm³/mol. The van der Waals surface area contributed by atoms with Crippen LogP contribution >= 0.6 is 0 Å². The van der Waals surface area contributed by atoms with E-state index in [1.807, 2.05) is 4.90 Å². The lowest BCUT2D eigenvalue weighted by molar-refractivity contribution is -0.132. The molecule has 168 valence electrons. The van der Waals surface area contributed by atoms with E-state index in [0.717, 1.165) is 82.8 Å². The highest BCUT2D eigenvalue weighted by Crippen LogP contribution is 2.55. The van der Waals surface area contributed by atoms with Crippen LogP contribution < -0.4 is 10.6 Å². The van der Waals surface area contributed by atoms with Crippen LogP contribution in [0.15, 0.2) is 0 Å². The van der Waals surface area contributed by atoms with E-state index in [-0.39, 0.29) is 17.5 Å². The third-order valence-electron chi connectivity index (χ3n) is 8.25. The van der Waals surface area contributed by atoms with Gasteiger partial charge in [0.15, 0.2) is 0 Å². The minimum Gasteiger partial charge on any atom is -0.377 e. The van der Waals surface area contributed by atoms with Crippen LogP contribution in [-0.4, -0.2) is 79.3 Å². The van der Waals surface area contributed by atoms with E-state index in [2.05, 4.69) is 15.5 Å². The highest BCUT2D eigenvalue weighted by atomic mass is 16.5. The summed E-state index contributed by atoms with van der Waals surface area (Å²) in [6.45, 7) is 5.72. The standard InChI is InChI=1S/C23H38N4O3/c28-21(27-7-5-26(6-8-27)16-20-2-1-9-30-20)3-4-24-22(29)25-23-13-17-10-18(14-23)12-19(11-17)15-23/h17-20H,1-16H2,(H2,24,25,29). The van der Waals surface area contributed by atoms with Gasteiger partial charge in [-0.15, -0.1) is 0 Å². The molecule has 6 fully saturated rings. The summed E-state index contributed by atoms with van der Waals surface area (Å²) in [7, 11) is 0. The first-order chi connectivity index (χ1) is 14.6. The van der Waals surface area contributed by atoms with Crippen molar-refractivity contribution in [1.82, 2.24) is 20.4 Å². The van der Waals surface area contributed by atoms with Gasteiger partial charge in [0.25, 0.3) is 0 Å². The molecule has 1 atom stereocenters. The average molecular weight is 419 g/mol. The first-order valence-corrected chi connectivity index (χ1v) is 12.2. The SMILES string of the molecule is O=C(NCCC(=O)N1CCN(CC2CCCO2)CC1)NC12CC3CC(CC(C3)C1)C2. The van der Waals surface area contributed by atoms with Gasteiger partial charge >= 0.3 is 6.03 Å². The first-order valence-electron chi connectivity index (χ1n) is 12.2. The lowest BCUT2D eigenvalue weighted by Gasteiger charge is -2.56. The van der Waals surface area contributed by atoms with Crippen molar-refractivity contribution < 1.29 is 14.3 Å². The van der Waals surface area contributed by atoms with Crippen LogP contribution in [0.5, 0.6) is 0 Å². The van der Waals surface area contributed by atoms with Crippen LogP contribution in [0.3, 0.4) is 0 Å². The van der Waals surface area contributed by atoms with Crippen molar-refractivity contribution in [3.05, 3.63) is 0 Å². The highest BCUT2D eigenvalue weighted by Gasteiger charge is 2.51. The Balaban J connectivity index is 0.997. The Labute approximate surface area is 180 Å². The second-order valence-corrected chi connectivity index (χ2v) is 10.6. The Bertz CT molecular complexity index is 605. The van der Waals surface area contributed by atoms with Crippen molar-refractivity contribution in [2.75, 3.05) is 45.9 Å². The molecule has 6 aliphatic rings. The lowest BCUT2D eigenvalue weighted by Crippen LogP contribution is -2.61. The van der Waals surface area contributed by atoms with Gasteiger partial charge in [-0.3, -0.25) is 9.69 Å². The number of piperazine rings is 1. The van der Waals surface area contributed by atoms with Gasteiger partial charge in [0.2, 0.25) is 5.91 Å². The summed E-state index contributed by atoms with van der Waals surface area (Å²) in [6.07, 6.45) is 10.7. The van der Waals surface area contributed by atoms with Crippen LogP contribution in [0, 0.1) is 17.8 Å². The van der Waals surface area contributed by atoms with Crippen molar-refractivity contribution in [1.29, 1.82) is 0 Å². The fourth-order valence-electron chi connectivity index (χ4n) is 7.25. The number of nitrogens with zero attached hydrogens (tertiary/aromatic N) is 2. The minimum absolute atomic E-state index is 0.0300. The number of urea groups is 1. The predicted octanol–water partition coefficient (Wildman–Crippen LogP) is 1.97. The zero-order valence-electron chi connectivity index (χ0n) is 18.2. The molecule has 3 amide bonds. The number of rotatable bonds is 6. The number of hydrogen-bond donors (Lipinski definition) is 2. The Kier molecular flexibility index (Phi) is 5.93. The summed E-state index contributed by atoms with van der Waals surface area (Å²) in [5, 5.41) is 6.28. The van der Waals surface area contributed by atoms with Gasteiger partial charge in [-0.25, -0.2) is 4.79 Å². The summed E-state index contributed by atoms with van der Waals surface area (Å²) in [4.78, 5) is 29.4. The monoisotopic (exact) mass is 418 g/mol. The number of carbonyl (C=O) groups is 2. The molecule has 2 N–H and O–H groups in total. The quantitative estimate of drug-likeness (QED) is 0.692. The molecular formula is C23H38N4O3. The zero-order chi connectivity index (χ0) is 20.6. The first kappa shape index (κ1) is 20.6. The van der Waals surface area contributed by atoms with Gasteiger partial charge in [0.05, 0.1) is 6.10 Å². The maximum Gasteiger partial charge on any atom is 0.315 e. The van der Waals surface area contributed by atoms with Gasteiger partial charge in [0, 0.05) is 57.8 Å². The number of amides is 3. The molecule has 2 heterocycles. The van der Waals surface area contributed by atoms with Gasteiger partial charge in [-0.2, -0.15) is 0 Å². The topological polar surface area (TPSA) is 73.9 Å². The van der Waals surface area contributed by atoms with Crippen molar-refractivity contribution in [3.63, 3.8) is 0 Å². The molecule has 0 aromatic carbocycles. The molecule has 0 aromatic rings. The molecule has 1 unspecified atom stereocenters. The minimum atomic E-state index is -0.0777. The molecule has 0 aromatic heterocycles. The molecule has 4 aliphatic carbocycles. The van der Waals surface area contributed by atoms with Crippen LogP contribution in [0.2, 0.25) is 0 Å². The Hall–Kier alpha value is -1.34. The number of carbonyl (C=O) groups excluding carboxylic acids is 2. The molecule has 0 radical (unpaired) electrons. The van der Waals surface area contributed by atoms with Crippen LogP contribution in [0.4, 0.5) is 4.79 Å². The maximum absolute atomic E-state index is 12.6. The van der Waals surface area contributed by atoms with Crippen LogP contribution in [0.1, 0.15) is 57.8 Å². The normalized spacial score (nSPS) is 38.1. The van der Waals surface area contributed by atoms with Crippen molar-refractivity contribution >= 4 is 11.9 Å². The van der Waals surface area contributed by atoms with E-state index < -0.39 is 0 Å². The molecule has 6 rings (SSSR count). The van der Waals surface area contributed by atoms with Crippen LogP contribution in [0.25, 0.3) is 0 Å². The van der Waals surface area contributed by atoms with Crippen LogP contribution in [-0.2, 0) is 9.53 Å². The zero-order valence-corrected chi connectivity index (χ0v) is 18.2. The van der Waals surface area contributed by atoms with Crippen molar-refractivity contribution in [2.45, 2.75) is 69.4 Å². The maximum atomic E-state index is 12.6. The summed E-state index contributed by atoms with van der Waals surface area (Å²) in [6, 6.07) is -0.0777. The molecule has 2 aliphatic heterocycles. The molecule has 30 heavy (non-hydrogen) atoms. The third kappa shape index (κ3) is 4.62. The largest absolute Gasteiger partial charge is 0.377 e. The summed E-state index contributed by atoms with van der Waals surface area (Å²) < 4.78 is 5.72. The van der Waals surface area contributed by atoms with E-state index in [1.54, 1.807) is 0 Å². The fourth-order valence-corrected chi connectivity index (χ4v) is 7.25. The average Bonchev–Trinajstić information content (AvgIpc) is 3.20. The number of nitrogens with one attached hydrogen (secondary N) is 2. The van der Waals surface area contributed by atoms with Gasteiger partial charge in [-0.05, 0) is 69.1 Å². The van der Waals surface area contributed by atoms with Gasteiger partial charge in [-0.1, -0.05) is 0 Å². The molecule has 2 saturated heterocycles. The molecule has 4 saturated carbocycles. The number of ether oxygens (including phenoxy) is 1. The molecule has 7 nitrogen and oxygen atoms in total. The molecule has 0 spiro atoms. The summed E-state index contributed by atoms with van der Waals surface area (Å²) in [5.74, 6) is 2.60. The second kappa shape index (κ2) is 8.65. The van der Waals surface area contributed by atoms with Gasteiger partial charge in [0.1, 0.15) is 0 Å². The number of hydrogen-bond acceptors (Lipinski definition) is 4. The summed E-state index contributed by atoms with van der Waals surface area (Å²) >= 11 is 0. The van der Waals surface area contributed by atoms with Crippen molar-refractivity contribution in [3.8, 4) is 0 Å². The molecule has 7 heteroatoms. The second-order valence-electron chi connectivity index (χ2n) is 10.6. The molecular weight excluding hydrogens is 380 g/mol. The van der Waals surface area contributed by atoms with E-state index in [4.69, 9.17) is 4.74 Å². The van der Waals surface area contributed by atoms with E-state index in [9.17, 15) is 9.59 Å². The van der Waals surface area contributed by atoms with Crippen molar-refractivity contribution in [2.24, 2.45) is 17.8 Å². The Morgan fingerprint density at radius 2 is 1.63 bits per heavy atom. The third-order valence-corrected chi connectivity index (χ3v) is 8.25. The van der Waals surface area contributed by atoms with E-state index >= 15 is 0 Å². The van der Waals surface area contributed by atoms with E-state index in [1.165, 1.54) is 25.7 Å². The Morgan fingerprint density at radius 3 is 2.23 bits per heavy atom. The van der Waals surface area contributed by atoms with E-state index in [0.29, 0.717) is 19.1 Å². The lowest BCUT2D eigenvalue weighted by atomic mass is 9.53. The smallest absolute Gasteiger partial charge is 0.315 e.